The molecule has 1 saturated heterocycles. The van der Waals surface area contributed by atoms with Gasteiger partial charge in [-0.05, 0) is 42.7 Å². The normalized spacial score (nSPS) is 16.7. The summed E-state index contributed by atoms with van der Waals surface area (Å²) in [4.78, 5) is 30.2. The summed E-state index contributed by atoms with van der Waals surface area (Å²) in [6, 6.07) is 13.3. The fraction of sp³-hybridized carbons (Fsp3) is 0.320. The van der Waals surface area contributed by atoms with E-state index < -0.39 is 0 Å². The summed E-state index contributed by atoms with van der Waals surface area (Å²) < 4.78 is 23.6. The molecule has 2 aromatic heterocycles. The number of amides is 1. The molecule has 1 amide bonds. The Morgan fingerprint density at radius 3 is 2.79 bits per heavy atom. The molecule has 6 rings (SSSR count). The van der Waals surface area contributed by atoms with Crippen LogP contribution in [0.15, 0.2) is 58.0 Å². The molecule has 174 valence electrons. The van der Waals surface area contributed by atoms with Crippen molar-refractivity contribution in [3.05, 3.63) is 64.7 Å². The molecule has 0 spiro atoms. The highest BCUT2D eigenvalue weighted by atomic mass is 16.7. The third kappa shape index (κ3) is 3.49. The van der Waals surface area contributed by atoms with Crippen molar-refractivity contribution in [3.8, 4) is 11.5 Å². The van der Waals surface area contributed by atoms with E-state index in [2.05, 4.69) is 10.3 Å². The van der Waals surface area contributed by atoms with Gasteiger partial charge in [0.1, 0.15) is 17.6 Å². The Morgan fingerprint density at radius 2 is 1.91 bits per heavy atom. The molecule has 0 unspecified atom stereocenters. The van der Waals surface area contributed by atoms with E-state index in [0.717, 1.165) is 29.5 Å². The van der Waals surface area contributed by atoms with Crippen LogP contribution in [0.5, 0.6) is 11.5 Å². The number of para-hydroxylation sites is 1. The summed E-state index contributed by atoms with van der Waals surface area (Å²) in [5.41, 5.74) is 1.64. The number of carbonyl (C=O) groups is 1. The number of nitrogens with zero attached hydrogens (tertiary/aromatic N) is 2. The van der Waals surface area contributed by atoms with Gasteiger partial charge in [0.15, 0.2) is 11.5 Å². The van der Waals surface area contributed by atoms with Gasteiger partial charge in [-0.1, -0.05) is 18.2 Å². The van der Waals surface area contributed by atoms with Crippen molar-refractivity contribution < 1.29 is 23.4 Å². The molecule has 0 bridgehead atoms. The number of benzene rings is 2. The van der Waals surface area contributed by atoms with Gasteiger partial charge in [0, 0.05) is 30.6 Å². The van der Waals surface area contributed by atoms with Crippen LogP contribution in [0.3, 0.4) is 0 Å². The van der Waals surface area contributed by atoms with Crippen LogP contribution in [0.25, 0.3) is 22.1 Å². The van der Waals surface area contributed by atoms with E-state index in [-0.39, 0.29) is 35.8 Å². The van der Waals surface area contributed by atoms with Gasteiger partial charge < -0.3 is 23.9 Å². The predicted molar refractivity (Wildman–Crippen MR) is 123 cm³/mol. The van der Waals surface area contributed by atoms with Crippen LogP contribution in [-0.4, -0.2) is 42.0 Å². The number of hydrogen-bond donors (Lipinski definition) is 1. The van der Waals surface area contributed by atoms with E-state index in [1.165, 1.54) is 10.9 Å². The zero-order valence-corrected chi connectivity index (χ0v) is 18.4. The van der Waals surface area contributed by atoms with Crippen molar-refractivity contribution in [1.82, 2.24) is 14.9 Å². The number of rotatable bonds is 5. The van der Waals surface area contributed by atoms with E-state index in [1.807, 2.05) is 36.4 Å². The summed E-state index contributed by atoms with van der Waals surface area (Å²) in [6.45, 7) is 1.70. The van der Waals surface area contributed by atoms with Crippen molar-refractivity contribution in [2.75, 3.05) is 26.6 Å². The lowest BCUT2D eigenvalue weighted by molar-refractivity contribution is -0.122. The number of nitrogens with one attached hydrogen (secondary N) is 1. The maximum Gasteiger partial charge on any atom is 0.297 e. The number of aromatic nitrogens is 2. The Labute approximate surface area is 194 Å². The molecule has 0 saturated carbocycles. The Bertz CT molecular complexity index is 1450. The first kappa shape index (κ1) is 20.7. The average molecular weight is 461 g/mol. The first-order valence-electron chi connectivity index (χ1n) is 11.2. The minimum absolute atomic E-state index is 0.146. The van der Waals surface area contributed by atoms with Gasteiger partial charge in [0.25, 0.3) is 5.56 Å². The molecule has 0 aliphatic carbocycles. The minimum Gasteiger partial charge on any atom is -0.454 e. The summed E-state index contributed by atoms with van der Waals surface area (Å²) in [5, 5.41) is 3.80. The predicted octanol–water partition coefficient (Wildman–Crippen LogP) is 2.74. The Hall–Kier alpha value is -3.85. The molecule has 4 aromatic rings. The number of hydrogen-bond acceptors (Lipinski definition) is 7. The van der Waals surface area contributed by atoms with E-state index in [4.69, 9.17) is 18.6 Å². The first-order chi connectivity index (χ1) is 16.6. The molecule has 2 aromatic carbocycles. The van der Waals surface area contributed by atoms with Crippen LogP contribution in [0.1, 0.15) is 18.4 Å². The second kappa shape index (κ2) is 8.18. The number of furan rings is 1. The molecule has 2 aliphatic rings. The molecule has 0 atom stereocenters. The summed E-state index contributed by atoms with van der Waals surface area (Å²) >= 11 is 0. The molecule has 4 heterocycles. The van der Waals surface area contributed by atoms with Crippen molar-refractivity contribution >= 4 is 28.0 Å². The highest BCUT2D eigenvalue weighted by Gasteiger charge is 2.36. The summed E-state index contributed by atoms with van der Waals surface area (Å²) in [5.74, 6) is 1.17. The highest BCUT2D eigenvalue weighted by Crippen LogP contribution is 2.40. The van der Waals surface area contributed by atoms with Gasteiger partial charge in [0.2, 0.25) is 18.3 Å². The van der Waals surface area contributed by atoms with Crippen LogP contribution in [-0.2, 0) is 21.5 Å². The minimum atomic E-state index is -0.382. The monoisotopic (exact) mass is 461 g/mol. The number of fused-ring (bicyclic) bond motifs is 4. The maximum absolute atomic E-state index is 12.9. The summed E-state index contributed by atoms with van der Waals surface area (Å²) in [6.07, 6.45) is 2.92. The topological polar surface area (TPSA) is 105 Å². The van der Waals surface area contributed by atoms with Gasteiger partial charge in [0.05, 0.1) is 6.33 Å². The maximum atomic E-state index is 12.9. The van der Waals surface area contributed by atoms with Crippen molar-refractivity contribution in [2.24, 2.45) is 0 Å². The van der Waals surface area contributed by atoms with Gasteiger partial charge in [-0.2, -0.15) is 0 Å². The van der Waals surface area contributed by atoms with Crippen LogP contribution < -0.4 is 20.3 Å². The second-order valence-electron chi connectivity index (χ2n) is 8.69. The van der Waals surface area contributed by atoms with E-state index >= 15 is 0 Å². The van der Waals surface area contributed by atoms with Gasteiger partial charge >= 0.3 is 0 Å². The average Bonchev–Trinajstić information content (AvgIpc) is 3.49. The summed E-state index contributed by atoms with van der Waals surface area (Å²) in [7, 11) is 0. The van der Waals surface area contributed by atoms with Crippen LogP contribution >= 0.6 is 0 Å². The van der Waals surface area contributed by atoms with Crippen LogP contribution in [0, 0.1) is 0 Å². The molecule has 2 aliphatic heterocycles. The lowest BCUT2D eigenvalue weighted by Gasteiger charge is -2.38. The largest absolute Gasteiger partial charge is 0.454 e. The fourth-order valence-corrected chi connectivity index (χ4v) is 4.76. The van der Waals surface area contributed by atoms with Crippen LogP contribution in [0.2, 0.25) is 0 Å². The smallest absolute Gasteiger partial charge is 0.297 e. The number of carbonyl (C=O) groups excluding carboxylic acids is 1. The third-order valence-corrected chi connectivity index (χ3v) is 6.72. The third-order valence-electron chi connectivity index (χ3n) is 6.72. The number of ether oxygens (including phenoxy) is 3. The highest BCUT2D eigenvalue weighted by molar-refractivity contribution is 6.01. The molecular formula is C25H23N3O6. The Morgan fingerprint density at radius 1 is 1.09 bits per heavy atom. The quantitative estimate of drug-likeness (QED) is 0.487. The molecule has 1 fully saturated rings. The standard InChI is InChI=1S/C25H23N3O6/c29-21(12-28-14-27-22-17-3-1-2-4-18(17)34-23(22)24(28)30)26-13-25(7-9-31-10-8-25)16-5-6-19-20(11-16)33-15-32-19/h1-6,11,14H,7-10,12-13,15H2,(H,26,29). The molecule has 34 heavy (non-hydrogen) atoms. The van der Waals surface area contributed by atoms with Gasteiger partial charge in [-0.15, -0.1) is 0 Å². The molecule has 9 heteroatoms. The lowest BCUT2D eigenvalue weighted by atomic mass is 9.74. The van der Waals surface area contributed by atoms with E-state index in [9.17, 15) is 9.59 Å². The Balaban J connectivity index is 1.22. The zero-order valence-electron chi connectivity index (χ0n) is 18.4. The van der Waals surface area contributed by atoms with Crippen molar-refractivity contribution in [3.63, 3.8) is 0 Å². The first-order valence-corrected chi connectivity index (χ1v) is 11.2. The lowest BCUT2D eigenvalue weighted by Crippen LogP contribution is -2.45. The molecular weight excluding hydrogens is 438 g/mol. The van der Waals surface area contributed by atoms with Crippen molar-refractivity contribution in [1.29, 1.82) is 0 Å². The Kier molecular flexibility index (Phi) is 4.99. The van der Waals surface area contributed by atoms with Crippen LogP contribution in [0.4, 0.5) is 0 Å². The van der Waals surface area contributed by atoms with Gasteiger partial charge in [-0.3, -0.25) is 14.2 Å². The fourth-order valence-electron chi connectivity index (χ4n) is 4.76. The zero-order chi connectivity index (χ0) is 23.1. The SMILES string of the molecule is O=C(Cn1cnc2c(oc3ccccc32)c1=O)NCC1(c2ccc3c(c2)OCO3)CCOCC1. The van der Waals surface area contributed by atoms with E-state index in [0.29, 0.717) is 36.6 Å². The van der Waals surface area contributed by atoms with Gasteiger partial charge in [-0.25, -0.2) is 4.98 Å². The second-order valence-corrected chi connectivity index (χ2v) is 8.69. The van der Waals surface area contributed by atoms with E-state index in [1.54, 1.807) is 6.07 Å². The molecule has 1 N–H and O–H groups in total. The molecule has 0 radical (unpaired) electrons. The van der Waals surface area contributed by atoms with Crippen molar-refractivity contribution in [2.45, 2.75) is 24.8 Å². The molecule has 9 nitrogen and oxygen atoms in total.